The number of amides is 1. The first kappa shape index (κ1) is 21.6. The summed E-state index contributed by atoms with van der Waals surface area (Å²) in [4.78, 5) is 27.9. The van der Waals surface area contributed by atoms with E-state index in [1.54, 1.807) is 7.05 Å². The minimum Gasteiger partial charge on any atom is -0.511 e. The van der Waals surface area contributed by atoms with Gasteiger partial charge in [-0.05, 0) is 50.9 Å². The van der Waals surface area contributed by atoms with Crippen molar-refractivity contribution in [1.82, 2.24) is 4.90 Å². The fourth-order valence-electron chi connectivity index (χ4n) is 7.18. The standard InChI is InChI=1S/C25H37NO4/c1-8-13(4)19-17(16-14(5)10-9-11-15(16)23-25(19,6)30-23)21(27)18-22(28)20(12(2)3)26(7)24(18)29/h8,12,14-17,19-20,23,27H,9-11H2,1-7H3/b13-8+,21-18-/t14-,15+,16+,17-,19+,20+,23+,25-/m0/s1. The molecule has 1 N–H and O–H groups in total. The number of fused-ring (bicyclic) bond motifs is 3. The van der Waals surface area contributed by atoms with Crippen LogP contribution in [0.25, 0.3) is 0 Å². The lowest BCUT2D eigenvalue weighted by atomic mass is 9.53. The van der Waals surface area contributed by atoms with E-state index in [9.17, 15) is 14.7 Å². The smallest absolute Gasteiger partial charge is 0.261 e. The van der Waals surface area contributed by atoms with Gasteiger partial charge in [0.05, 0.1) is 17.7 Å². The number of Topliss-reactive ketones (excluding diaryl/α,β-unsaturated/α-hetero) is 1. The third-order valence-corrected chi connectivity index (χ3v) is 8.63. The van der Waals surface area contributed by atoms with Crippen molar-refractivity contribution < 1.29 is 19.4 Å². The first-order chi connectivity index (χ1) is 14.1. The summed E-state index contributed by atoms with van der Waals surface area (Å²) in [5.41, 5.74) is 0.858. The number of rotatable bonds is 3. The van der Waals surface area contributed by atoms with E-state index in [1.807, 2.05) is 20.8 Å². The summed E-state index contributed by atoms with van der Waals surface area (Å²) in [6, 6.07) is -0.500. The maximum atomic E-state index is 13.3. The summed E-state index contributed by atoms with van der Waals surface area (Å²) in [6.07, 6.45) is 5.68. The van der Waals surface area contributed by atoms with Gasteiger partial charge in [-0.15, -0.1) is 0 Å². The van der Waals surface area contributed by atoms with Gasteiger partial charge in [0.1, 0.15) is 11.3 Å². The van der Waals surface area contributed by atoms with Crippen molar-refractivity contribution in [3.8, 4) is 0 Å². The molecule has 2 aliphatic heterocycles. The molecule has 4 rings (SSSR count). The molecule has 5 heteroatoms. The van der Waals surface area contributed by atoms with E-state index >= 15 is 0 Å². The van der Waals surface area contributed by atoms with Gasteiger partial charge in [-0.25, -0.2) is 0 Å². The van der Waals surface area contributed by atoms with Gasteiger partial charge in [-0.1, -0.05) is 45.3 Å². The highest BCUT2D eigenvalue weighted by atomic mass is 16.6. The second kappa shape index (κ2) is 7.22. The highest BCUT2D eigenvalue weighted by Crippen LogP contribution is 2.65. The van der Waals surface area contributed by atoms with Crippen LogP contribution in [-0.2, 0) is 14.3 Å². The summed E-state index contributed by atoms with van der Waals surface area (Å²) < 4.78 is 6.34. The summed E-state index contributed by atoms with van der Waals surface area (Å²) in [6.45, 7) is 12.4. The van der Waals surface area contributed by atoms with E-state index < -0.39 is 6.04 Å². The highest BCUT2D eigenvalue weighted by Gasteiger charge is 2.70. The average Bonchev–Trinajstić information content (AvgIpc) is 3.32. The fraction of sp³-hybridized carbons (Fsp3) is 0.760. The quantitative estimate of drug-likeness (QED) is 0.245. The Balaban J connectivity index is 1.87. The van der Waals surface area contributed by atoms with E-state index in [4.69, 9.17) is 4.74 Å². The summed E-state index contributed by atoms with van der Waals surface area (Å²) in [7, 11) is 1.67. The molecular weight excluding hydrogens is 378 g/mol. The Kier molecular flexibility index (Phi) is 5.20. The Morgan fingerprint density at radius 2 is 1.97 bits per heavy atom. The SMILES string of the molecule is C/C=C(\C)[C@@H]1[C@@H](/C(O)=C2\C(=O)[C@@H](C(C)C)N(C)C2=O)[C@H]2[C@@H](CCC[C@@H]2C)[C@H]2O[C@]21C. The van der Waals surface area contributed by atoms with Crippen LogP contribution in [0.3, 0.4) is 0 Å². The van der Waals surface area contributed by atoms with Crippen LogP contribution in [0.2, 0.25) is 0 Å². The number of hydrogen-bond acceptors (Lipinski definition) is 4. The lowest BCUT2D eigenvalue weighted by Crippen LogP contribution is -2.50. The molecule has 0 aromatic heterocycles. The molecule has 2 saturated heterocycles. The molecule has 0 aromatic rings. The van der Waals surface area contributed by atoms with Gasteiger partial charge in [0, 0.05) is 18.9 Å². The van der Waals surface area contributed by atoms with Crippen molar-refractivity contribution in [2.24, 2.45) is 35.5 Å². The van der Waals surface area contributed by atoms with Crippen molar-refractivity contribution >= 4 is 11.7 Å². The molecular formula is C25H37NO4. The second-order valence-corrected chi connectivity index (χ2v) is 10.6. The van der Waals surface area contributed by atoms with Gasteiger partial charge in [-0.3, -0.25) is 9.59 Å². The largest absolute Gasteiger partial charge is 0.511 e. The number of aliphatic hydroxyl groups is 1. The number of likely N-dealkylation sites (tertiary alicyclic amines) is 1. The number of epoxide rings is 1. The van der Waals surface area contributed by atoms with Crippen LogP contribution in [0.5, 0.6) is 0 Å². The van der Waals surface area contributed by atoms with E-state index in [2.05, 4.69) is 26.8 Å². The number of carbonyl (C=O) groups is 2. The van der Waals surface area contributed by atoms with Crippen LogP contribution in [0.1, 0.15) is 60.8 Å². The zero-order valence-corrected chi connectivity index (χ0v) is 19.4. The Bertz CT molecular complexity index is 827. The van der Waals surface area contributed by atoms with Crippen LogP contribution in [0.15, 0.2) is 23.0 Å². The van der Waals surface area contributed by atoms with Gasteiger partial charge in [0.2, 0.25) is 0 Å². The first-order valence-electron chi connectivity index (χ1n) is 11.6. The van der Waals surface area contributed by atoms with Gasteiger partial charge in [0.15, 0.2) is 5.78 Å². The number of ether oxygens (including phenoxy) is 1. The van der Waals surface area contributed by atoms with Crippen molar-refractivity contribution in [2.75, 3.05) is 7.05 Å². The van der Waals surface area contributed by atoms with Gasteiger partial charge in [0.25, 0.3) is 5.91 Å². The van der Waals surface area contributed by atoms with Crippen LogP contribution in [0, 0.1) is 35.5 Å². The van der Waals surface area contributed by atoms with E-state index in [0.717, 1.165) is 12.8 Å². The molecule has 2 heterocycles. The van der Waals surface area contributed by atoms with Crippen LogP contribution in [0.4, 0.5) is 0 Å². The normalized spacial score (nSPS) is 45.5. The maximum Gasteiger partial charge on any atom is 0.261 e. The van der Waals surface area contributed by atoms with Gasteiger partial charge in [-0.2, -0.15) is 0 Å². The summed E-state index contributed by atoms with van der Waals surface area (Å²) >= 11 is 0. The minimum absolute atomic E-state index is 0.00573. The Morgan fingerprint density at radius 3 is 2.53 bits per heavy atom. The Labute approximate surface area is 180 Å². The third kappa shape index (κ3) is 2.84. The molecule has 2 saturated carbocycles. The molecule has 0 unspecified atom stereocenters. The fourth-order valence-corrected chi connectivity index (χ4v) is 7.18. The minimum atomic E-state index is -0.500. The van der Waals surface area contributed by atoms with Crippen LogP contribution in [-0.4, -0.2) is 46.5 Å². The topological polar surface area (TPSA) is 70.1 Å². The lowest BCUT2D eigenvalue weighted by molar-refractivity contribution is -0.126. The molecule has 2 aliphatic carbocycles. The predicted octanol–water partition coefficient (Wildman–Crippen LogP) is 4.29. The Hall–Kier alpha value is -1.62. The molecule has 0 aromatic carbocycles. The van der Waals surface area contributed by atoms with E-state index in [0.29, 0.717) is 11.8 Å². The molecule has 4 fully saturated rings. The number of ketones is 1. The summed E-state index contributed by atoms with van der Waals surface area (Å²) in [5.74, 6) is 0.193. The molecule has 0 spiro atoms. The molecule has 1 amide bonds. The number of hydrogen-bond donors (Lipinski definition) is 1. The zero-order chi connectivity index (χ0) is 22.1. The molecule has 30 heavy (non-hydrogen) atoms. The lowest BCUT2D eigenvalue weighted by Gasteiger charge is -2.49. The first-order valence-corrected chi connectivity index (χ1v) is 11.6. The monoisotopic (exact) mass is 415 g/mol. The van der Waals surface area contributed by atoms with E-state index in [-0.39, 0.29) is 58.4 Å². The third-order valence-electron chi connectivity index (χ3n) is 8.63. The number of nitrogens with zero attached hydrogens (tertiary/aromatic N) is 1. The van der Waals surface area contributed by atoms with Gasteiger partial charge >= 0.3 is 0 Å². The number of carbonyl (C=O) groups excluding carboxylic acids is 2. The highest BCUT2D eigenvalue weighted by molar-refractivity contribution is 6.26. The van der Waals surface area contributed by atoms with Gasteiger partial charge < -0.3 is 14.7 Å². The second-order valence-electron chi connectivity index (χ2n) is 10.6. The maximum absolute atomic E-state index is 13.3. The summed E-state index contributed by atoms with van der Waals surface area (Å²) in [5, 5.41) is 11.7. The molecule has 8 atom stereocenters. The van der Waals surface area contributed by atoms with Crippen molar-refractivity contribution in [1.29, 1.82) is 0 Å². The van der Waals surface area contributed by atoms with E-state index in [1.165, 1.54) is 16.9 Å². The molecule has 0 bridgehead atoms. The molecule has 166 valence electrons. The molecule has 5 nitrogen and oxygen atoms in total. The number of aliphatic hydroxyl groups excluding tert-OH is 1. The van der Waals surface area contributed by atoms with Crippen molar-refractivity contribution in [3.63, 3.8) is 0 Å². The zero-order valence-electron chi connectivity index (χ0n) is 19.4. The number of allylic oxidation sites excluding steroid dienone is 2. The van der Waals surface area contributed by atoms with Crippen molar-refractivity contribution in [2.45, 2.75) is 78.6 Å². The number of likely N-dealkylation sites (N-methyl/N-ethyl adjacent to an activating group) is 1. The van der Waals surface area contributed by atoms with Crippen LogP contribution < -0.4 is 0 Å². The molecule has 4 aliphatic rings. The predicted molar refractivity (Wildman–Crippen MR) is 116 cm³/mol. The molecule has 0 radical (unpaired) electrons. The van der Waals surface area contributed by atoms with Crippen LogP contribution >= 0.6 is 0 Å². The Morgan fingerprint density at radius 1 is 1.30 bits per heavy atom. The average molecular weight is 416 g/mol. The van der Waals surface area contributed by atoms with Crippen molar-refractivity contribution in [3.05, 3.63) is 23.0 Å².